The zero-order valence-corrected chi connectivity index (χ0v) is 12.1. The van der Waals surface area contributed by atoms with E-state index >= 15 is 0 Å². The number of ether oxygens (including phenoxy) is 2. The lowest BCUT2D eigenvalue weighted by Crippen LogP contribution is -2.35. The van der Waals surface area contributed by atoms with Crippen LogP contribution in [0.1, 0.15) is 31.7 Å². The highest BCUT2D eigenvalue weighted by Crippen LogP contribution is 2.31. The van der Waals surface area contributed by atoms with Crippen LogP contribution < -0.4 is 14.8 Å². The molecule has 0 bridgehead atoms. The third-order valence-electron chi connectivity index (χ3n) is 3.99. The van der Waals surface area contributed by atoms with Gasteiger partial charge in [0.05, 0.1) is 13.2 Å². The fraction of sp³-hybridized carbons (Fsp3) is 0.529. The van der Waals surface area contributed by atoms with E-state index in [1.807, 2.05) is 6.07 Å². The molecule has 2 heterocycles. The van der Waals surface area contributed by atoms with Crippen molar-refractivity contribution in [2.45, 2.75) is 32.2 Å². The van der Waals surface area contributed by atoms with Crippen LogP contribution in [-0.2, 0) is 0 Å². The zero-order chi connectivity index (χ0) is 13.8. The van der Waals surface area contributed by atoms with Gasteiger partial charge in [-0.15, -0.1) is 0 Å². The number of hydrogen-bond acceptors (Lipinski definition) is 3. The van der Waals surface area contributed by atoms with Crippen LogP contribution in [0.3, 0.4) is 0 Å². The summed E-state index contributed by atoms with van der Waals surface area (Å²) in [5.74, 6) is 2.55. The Labute approximate surface area is 121 Å². The Morgan fingerprint density at radius 1 is 1.20 bits per heavy atom. The van der Waals surface area contributed by atoms with Crippen molar-refractivity contribution >= 4 is 6.08 Å². The van der Waals surface area contributed by atoms with Crippen molar-refractivity contribution in [3.05, 3.63) is 29.8 Å². The highest BCUT2D eigenvalue weighted by atomic mass is 16.5. The predicted molar refractivity (Wildman–Crippen MR) is 81.3 cm³/mol. The standard InChI is InChI=1S/C17H23NO2/c1-13-7-8-18-15(11-13)5-3-14-4-6-16-17(12-14)20-10-2-9-19-16/h3-6,12-13,15,18H,2,7-11H2,1H3/b5-3+. The summed E-state index contributed by atoms with van der Waals surface area (Å²) in [6, 6.07) is 6.67. The summed E-state index contributed by atoms with van der Waals surface area (Å²) in [7, 11) is 0. The molecule has 0 aliphatic carbocycles. The molecule has 20 heavy (non-hydrogen) atoms. The molecular weight excluding hydrogens is 250 g/mol. The van der Waals surface area contributed by atoms with Crippen molar-refractivity contribution in [3.8, 4) is 11.5 Å². The predicted octanol–water partition coefficient (Wildman–Crippen LogP) is 3.25. The summed E-state index contributed by atoms with van der Waals surface area (Å²) in [5.41, 5.74) is 1.18. The Kier molecular flexibility index (Phi) is 4.26. The van der Waals surface area contributed by atoms with E-state index in [2.05, 4.69) is 36.5 Å². The molecule has 2 aliphatic rings. The maximum atomic E-state index is 5.72. The molecule has 0 radical (unpaired) electrons. The molecule has 3 nitrogen and oxygen atoms in total. The second-order valence-electron chi connectivity index (χ2n) is 5.81. The van der Waals surface area contributed by atoms with Crippen molar-refractivity contribution in [1.82, 2.24) is 5.32 Å². The molecule has 0 spiro atoms. The normalized spacial score (nSPS) is 26.4. The van der Waals surface area contributed by atoms with Gasteiger partial charge in [0.15, 0.2) is 11.5 Å². The number of piperidine rings is 1. The Balaban J connectivity index is 1.69. The van der Waals surface area contributed by atoms with Gasteiger partial charge in [0, 0.05) is 12.5 Å². The molecule has 1 N–H and O–H groups in total. The second kappa shape index (κ2) is 6.31. The minimum atomic E-state index is 0.495. The molecule has 0 aromatic heterocycles. The van der Waals surface area contributed by atoms with Crippen LogP contribution in [0, 0.1) is 5.92 Å². The highest BCUT2D eigenvalue weighted by molar-refractivity contribution is 5.56. The zero-order valence-electron chi connectivity index (χ0n) is 12.1. The third-order valence-corrected chi connectivity index (χ3v) is 3.99. The van der Waals surface area contributed by atoms with Crippen LogP contribution in [-0.4, -0.2) is 25.8 Å². The molecule has 2 atom stereocenters. The van der Waals surface area contributed by atoms with Gasteiger partial charge in [0.2, 0.25) is 0 Å². The van der Waals surface area contributed by atoms with Crippen LogP contribution in [0.2, 0.25) is 0 Å². The van der Waals surface area contributed by atoms with Gasteiger partial charge in [-0.3, -0.25) is 0 Å². The Morgan fingerprint density at radius 2 is 2.05 bits per heavy atom. The van der Waals surface area contributed by atoms with Gasteiger partial charge in [0.1, 0.15) is 0 Å². The van der Waals surface area contributed by atoms with Crippen LogP contribution in [0.5, 0.6) is 11.5 Å². The first-order chi connectivity index (χ1) is 9.81. The smallest absolute Gasteiger partial charge is 0.161 e. The molecule has 0 saturated carbocycles. The van der Waals surface area contributed by atoms with E-state index in [4.69, 9.17) is 9.47 Å². The number of fused-ring (bicyclic) bond motifs is 1. The highest BCUT2D eigenvalue weighted by Gasteiger charge is 2.15. The fourth-order valence-electron chi connectivity index (χ4n) is 2.81. The molecule has 1 aromatic carbocycles. The molecule has 1 fully saturated rings. The van der Waals surface area contributed by atoms with Gasteiger partial charge in [0.25, 0.3) is 0 Å². The summed E-state index contributed by atoms with van der Waals surface area (Å²) in [6.45, 7) is 4.93. The quantitative estimate of drug-likeness (QED) is 0.897. The Bertz CT molecular complexity index is 484. The molecule has 1 saturated heterocycles. The van der Waals surface area contributed by atoms with E-state index in [9.17, 15) is 0 Å². The Morgan fingerprint density at radius 3 is 2.90 bits per heavy atom. The summed E-state index contributed by atoms with van der Waals surface area (Å²) < 4.78 is 11.4. The molecule has 3 heteroatoms. The van der Waals surface area contributed by atoms with Gasteiger partial charge in [-0.1, -0.05) is 25.1 Å². The summed E-state index contributed by atoms with van der Waals surface area (Å²) in [4.78, 5) is 0. The van der Waals surface area contributed by atoms with Gasteiger partial charge in [-0.05, 0) is 43.0 Å². The van der Waals surface area contributed by atoms with Gasteiger partial charge >= 0.3 is 0 Å². The molecular formula is C17H23NO2. The average Bonchev–Trinajstić information content (AvgIpc) is 2.70. The lowest BCUT2D eigenvalue weighted by atomic mass is 9.94. The third kappa shape index (κ3) is 3.34. The largest absolute Gasteiger partial charge is 0.490 e. The van der Waals surface area contributed by atoms with Crippen LogP contribution >= 0.6 is 0 Å². The van der Waals surface area contributed by atoms with Crippen molar-refractivity contribution in [1.29, 1.82) is 0 Å². The second-order valence-corrected chi connectivity index (χ2v) is 5.81. The number of rotatable bonds is 2. The number of benzene rings is 1. The minimum Gasteiger partial charge on any atom is -0.490 e. The first-order valence-corrected chi connectivity index (χ1v) is 7.62. The van der Waals surface area contributed by atoms with E-state index in [1.165, 1.54) is 18.4 Å². The van der Waals surface area contributed by atoms with Gasteiger partial charge in [-0.25, -0.2) is 0 Å². The molecule has 2 unspecified atom stereocenters. The molecule has 3 rings (SSSR count). The summed E-state index contributed by atoms with van der Waals surface area (Å²) in [5, 5.41) is 3.55. The monoisotopic (exact) mass is 273 g/mol. The molecule has 1 aromatic rings. The Hall–Kier alpha value is -1.48. The van der Waals surface area contributed by atoms with Crippen LogP contribution in [0.15, 0.2) is 24.3 Å². The van der Waals surface area contributed by atoms with Crippen LogP contribution in [0.25, 0.3) is 6.08 Å². The maximum absolute atomic E-state index is 5.72. The fourth-order valence-corrected chi connectivity index (χ4v) is 2.81. The van der Waals surface area contributed by atoms with E-state index in [-0.39, 0.29) is 0 Å². The SMILES string of the molecule is CC1CCNC(/C=C/c2ccc3c(c2)OCCCO3)C1. The van der Waals surface area contributed by atoms with E-state index in [0.717, 1.165) is 43.6 Å². The molecule has 108 valence electrons. The first kappa shape index (κ1) is 13.5. The van der Waals surface area contributed by atoms with Crippen molar-refractivity contribution in [3.63, 3.8) is 0 Å². The molecule has 0 amide bonds. The lowest BCUT2D eigenvalue weighted by Gasteiger charge is -2.25. The van der Waals surface area contributed by atoms with E-state index in [1.54, 1.807) is 0 Å². The minimum absolute atomic E-state index is 0.495. The molecule has 2 aliphatic heterocycles. The van der Waals surface area contributed by atoms with Crippen molar-refractivity contribution in [2.75, 3.05) is 19.8 Å². The van der Waals surface area contributed by atoms with Crippen molar-refractivity contribution in [2.24, 2.45) is 5.92 Å². The number of nitrogens with one attached hydrogen (secondary N) is 1. The van der Waals surface area contributed by atoms with Gasteiger partial charge in [-0.2, -0.15) is 0 Å². The number of hydrogen-bond donors (Lipinski definition) is 1. The average molecular weight is 273 g/mol. The first-order valence-electron chi connectivity index (χ1n) is 7.62. The summed E-state index contributed by atoms with van der Waals surface area (Å²) in [6.07, 6.45) is 7.92. The van der Waals surface area contributed by atoms with Gasteiger partial charge < -0.3 is 14.8 Å². The van der Waals surface area contributed by atoms with Crippen LogP contribution in [0.4, 0.5) is 0 Å². The lowest BCUT2D eigenvalue weighted by molar-refractivity contribution is 0.297. The van der Waals surface area contributed by atoms with E-state index in [0.29, 0.717) is 6.04 Å². The summed E-state index contributed by atoms with van der Waals surface area (Å²) >= 11 is 0. The van der Waals surface area contributed by atoms with E-state index < -0.39 is 0 Å². The maximum Gasteiger partial charge on any atom is 0.161 e. The topological polar surface area (TPSA) is 30.5 Å². The van der Waals surface area contributed by atoms with Crippen molar-refractivity contribution < 1.29 is 9.47 Å².